The SMILES string of the molecule is NC(=O)CN(CC(N)=O)S(=O)(=O)c1ccc(Nc2nc(Nc3ccc(S(=O)(=O)N(CC(N)=O)CC(N)=O)cc3)nc(Nc3ccc(-c4ccc(Nc5nc(Nc6ccc(S(=O)(=O)N(CC(N)=O)CC(N)=O)cc6)nc(Nc6ccc(S(=O)(=O)N(CC(N)=O)CC(N)=O)cc6)n5)cc4S(=O)(=O)O)c(S(=O)(=O)O)c3)n2)cc1. The molecule has 0 fully saturated rings. The highest BCUT2D eigenvalue weighted by molar-refractivity contribution is 7.90. The average Bonchev–Trinajstić information content (AvgIpc) is 0.768. The smallest absolute Gasteiger partial charge is 0.295 e. The van der Waals surface area contributed by atoms with E-state index in [2.05, 4.69) is 61.8 Å². The topological polar surface area (TPSA) is 753 Å². The summed E-state index contributed by atoms with van der Waals surface area (Å²) in [6.07, 6.45) is 0. The molecule has 52 heteroatoms. The number of hydrogen-bond donors (Lipinski definition) is 16. The molecule has 6 aromatic carbocycles. The molecule has 0 saturated carbocycles. The molecule has 582 valence electrons. The number of carbonyl (C=O) groups is 8. The zero-order valence-electron chi connectivity index (χ0n) is 56.0. The number of anilines is 12. The van der Waals surface area contributed by atoms with Crippen molar-refractivity contribution in [3.05, 3.63) is 133 Å². The zero-order valence-corrected chi connectivity index (χ0v) is 60.9. The number of aromatic nitrogens is 6. The summed E-state index contributed by atoms with van der Waals surface area (Å²) in [6.45, 7) is -7.38. The molecule has 0 radical (unpaired) electrons. The Morgan fingerprint density at radius 2 is 0.418 bits per heavy atom. The molecule has 8 amide bonds. The number of carbonyl (C=O) groups excluding carboxylic acids is 8. The second-order valence-corrected chi connectivity index (χ2v) is 33.2. The molecule has 2 heterocycles. The Bertz CT molecular complexity index is 5030. The van der Waals surface area contributed by atoms with Crippen molar-refractivity contribution < 1.29 is 98.0 Å². The van der Waals surface area contributed by atoms with E-state index in [1.54, 1.807) is 0 Å². The molecule has 2 aromatic heterocycles. The minimum atomic E-state index is -5.45. The fraction of sp³-hybridized carbons (Fsp3) is 0.138. The number of amides is 8. The Hall–Kier alpha value is -12.6. The molecule has 0 aliphatic rings. The van der Waals surface area contributed by atoms with E-state index in [9.17, 15) is 98.0 Å². The number of primary amides is 8. The predicted molar refractivity (Wildman–Crippen MR) is 385 cm³/mol. The van der Waals surface area contributed by atoms with Crippen molar-refractivity contribution >= 4 is 177 Å². The van der Waals surface area contributed by atoms with E-state index >= 15 is 0 Å². The summed E-state index contributed by atoms with van der Waals surface area (Å²) in [6, 6.07) is 23.7. The van der Waals surface area contributed by atoms with Gasteiger partial charge in [0.25, 0.3) is 20.2 Å². The highest BCUT2D eigenvalue weighted by Crippen LogP contribution is 2.38. The minimum absolute atomic E-state index is 0.0474. The molecule has 110 heavy (non-hydrogen) atoms. The van der Waals surface area contributed by atoms with Crippen LogP contribution in [-0.2, 0) is 98.7 Å². The summed E-state index contributed by atoms with van der Waals surface area (Å²) in [5.74, 6) is -11.4. The van der Waals surface area contributed by atoms with E-state index in [4.69, 9.17) is 45.9 Å². The first-order valence-electron chi connectivity index (χ1n) is 30.3. The summed E-state index contributed by atoms with van der Waals surface area (Å²) in [4.78, 5) is 116. The van der Waals surface area contributed by atoms with Crippen LogP contribution in [0.5, 0.6) is 0 Å². The number of nitrogens with zero attached hydrogens (tertiary/aromatic N) is 10. The second-order valence-electron chi connectivity index (χ2n) is 22.7. The van der Waals surface area contributed by atoms with Crippen LogP contribution in [0.15, 0.2) is 163 Å². The number of rotatable bonds is 39. The van der Waals surface area contributed by atoms with Crippen molar-refractivity contribution in [2.45, 2.75) is 29.4 Å². The third-order valence-corrected chi connectivity index (χ3v) is 23.3. The number of hydrogen-bond acceptors (Lipinski definition) is 32. The lowest BCUT2D eigenvalue weighted by atomic mass is 10.0. The fourth-order valence-electron chi connectivity index (χ4n) is 9.67. The summed E-state index contributed by atoms with van der Waals surface area (Å²) in [5.41, 5.74) is 40.2. The summed E-state index contributed by atoms with van der Waals surface area (Å²) < 4.78 is 185. The van der Waals surface area contributed by atoms with Crippen LogP contribution in [0.2, 0.25) is 0 Å². The van der Waals surface area contributed by atoms with Gasteiger partial charge in [-0.05, 0) is 121 Å². The van der Waals surface area contributed by atoms with Gasteiger partial charge in [0.1, 0.15) is 9.79 Å². The van der Waals surface area contributed by atoms with Gasteiger partial charge in [0.05, 0.1) is 71.9 Å². The molecule has 0 atom stereocenters. The van der Waals surface area contributed by atoms with E-state index in [1.807, 2.05) is 0 Å². The lowest BCUT2D eigenvalue weighted by molar-refractivity contribution is -0.121. The molecule has 0 aliphatic carbocycles. The maximum Gasteiger partial charge on any atom is 0.295 e. The zero-order chi connectivity index (χ0) is 81.2. The second kappa shape index (κ2) is 33.7. The van der Waals surface area contributed by atoms with Crippen molar-refractivity contribution in [2.24, 2.45) is 45.9 Å². The first-order valence-corrected chi connectivity index (χ1v) is 39.0. The predicted octanol–water partition coefficient (Wildman–Crippen LogP) is -3.48. The van der Waals surface area contributed by atoms with Crippen LogP contribution in [0.1, 0.15) is 0 Å². The van der Waals surface area contributed by atoms with Crippen LogP contribution in [-0.4, -0.2) is 206 Å². The van der Waals surface area contributed by atoms with Gasteiger partial charge in [-0.25, -0.2) is 33.7 Å². The highest BCUT2D eigenvalue weighted by Gasteiger charge is 2.33. The van der Waals surface area contributed by atoms with Gasteiger partial charge in [-0.3, -0.25) is 47.5 Å². The Morgan fingerprint density at radius 1 is 0.264 bits per heavy atom. The fourth-order valence-corrected chi connectivity index (χ4v) is 16.6. The van der Waals surface area contributed by atoms with E-state index < -0.39 is 212 Å². The van der Waals surface area contributed by atoms with Crippen molar-refractivity contribution in [2.75, 3.05) is 84.3 Å². The van der Waals surface area contributed by atoms with Crippen LogP contribution in [0.25, 0.3) is 11.1 Å². The lowest BCUT2D eigenvalue weighted by Gasteiger charge is -2.19. The molecule has 24 N–H and O–H groups in total. The van der Waals surface area contributed by atoms with Crippen LogP contribution in [0.4, 0.5) is 69.8 Å². The molecule has 0 unspecified atom stereocenters. The Kier molecular flexibility index (Phi) is 25.4. The number of sulfonamides is 4. The van der Waals surface area contributed by atoms with Gasteiger partial charge in [-0.2, -0.15) is 64.0 Å². The number of benzene rings is 6. The third kappa shape index (κ3) is 21.8. The Balaban J connectivity index is 1.15. The lowest BCUT2D eigenvalue weighted by Crippen LogP contribution is -2.43. The van der Waals surface area contributed by atoms with Crippen molar-refractivity contribution in [1.29, 1.82) is 0 Å². The number of nitrogens with one attached hydrogen (secondary N) is 6. The van der Waals surface area contributed by atoms with E-state index in [1.165, 1.54) is 48.5 Å². The molecule has 0 spiro atoms. The molecule has 46 nitrogen and oxygen atoms in total. The summed E-state index contributed by atoms with van der Waals surface area (Å²) >= 11 is 0. The van der Waals surface area contributed by atoms with Gasteiger partial charge in [-0.1, -0.05) is 12.1 Å². The molecule has 0 aliphatic heterocycles. The molecule has 0 saturated heterocycles. The van der Waals surface area contributed by atoms with E-state index in [0.717, 1.165) is 84.9 Å². The van der Waals surface area contributed by atoms with Gasteiger partial charge in [0.2, 0.25) is 123 Å². The maximum absolute atomic E-state index is 13.5. The van der Waals surface area contributed by atoms with Crippen LogP contribution in [0, 0.1) is 0 Å². The Labute approximate surface area is 623 Å². The minimum Gasteiger partial charge on any atom is -0.369 e. The number of nitrogens with two attached hydrogens (primary N) is 8. The first kappa shape index (κ1) is 83.0. The first-order chi connectivity index (χ1) is 51.3. The van der Waals surface area contributed by atoms with Crippen LogP contribution >= 0.6 is 0 Å². The Morgan fingerprint density at radius 3 is 0.573 bits per heavy atom. The molecule has 0 bridgehead atoms. The third-order valence-electron chi connectivity index (χ3n) is 14.2. The monoisotopic (exact) mass is 1640 g/mol. The molecule has 8 aromatic rings. The van der Waals surface area contributed by atoms with Crippen LogP contribution in [0.3, 0.4) is 0 Å². The van der Waals surface area contributed by atoms with E-state index in [-0.39, 0.29) is 57.9 Å². The van der Waals surface area contributed by atoms with Gasteiger partial charge in [-0.15, -0.1) is 0 Å². The average molecular weight is 1640 g/mol. The summed E-state index contributed by atoms with van der Waals surface area (Å²) in [7, 11) is -29.3. The van der Waals surface area contributed by atoms with Gasteiger partial charge < -0.3 is 77.8 Å². The molecular formula is C58H62N24O22S6. The van der Waals surface area contributed by atoms with Gasteiger partial charge in [0, 0.05) is 45.3 Å². The van der Waals surface area contributed by atoms with Gasteiger partial charge in [0.15, 0.2) is 0 Å². The van der Waals surface area contributed by atoms with Crippen molar-refractivity contribution in [3.63, 3.8) is 0 Å². The van der Waals surface area contributed by atoms with E-state index in [0.29, 0.717) is 17.2 Å². The molecule has 8 rings (SSSR count). The normalized spacial score (nSPS) is 12.1. The quantitative estimate of drug-likeness (QED) is 0.0166. The summed E-state index contributed by atoms with van der Waals surface area (Å²) in [5, 5.41) is 16.6. The van der Waals surface area contributed by atoms with Gasteiger partial charge >= 0.3 is 0 Å². The highest BCUT2D eigenvalue weighted by atomic mass is 32.2. The standard InChI is InChI=1S/C58H62N24O22S6/c59-45(83)23-79(24-46(60)84)105(91,92)37-11-1-31(2-12-37)67-53-73-54(68-32-3-13-38(14-4-32)106(93,94)80(25-47(61)85)26-48(62)86)76-57(75-53)71-35-9-19-41(43(21-35)109(99,100)101)42-20-10-36(22-44(42)110(102,103)104)72-58-77-55(69-33-5-15-39(16-6-33)107(95,96)81(27-49(63)87)28-50(64)88)74-56(78-58)70-34-7-17-40(18-8-34)108(97,98)82(29-51(65)89)30-52(66)90/h1-22H,23-30H2,(H2,59,83)(H2,60,84)(H2,61,85)(H2,62,86)(H2,63,87)(H2,64,88)(H2,65,89)(H2,66,90)(H,99,100,101)(H,102,103,104)(H3,67,68,71,73,75,76)(H3,69,70,72,74,77,78). The van der Waals surface area contributed by atoms with Crippen molar-refractivity contribution in [1.82, 2.24) is 47.1 Å². The van der Waals surface area contributed by atoms with Crippen LogP contribution < -0.4 is 77.8 Å². The van der Waals surface area contributed by atoms with Crippen molar-refractivity contribution in [3.8, 4) is 11.1 Å². The largest absolute Gasteiger partial charge is 0.369 e. The maximum atomic E-state index is 13.5. The molecular weight excluding hydrogens is 1580 g/mol.